The molecule has 198 valence electrons. The second-order valence-corrected chi connectivity index (χ2v) is 11.6. The Morgan fingerprint density at radius 2 is 1.18 bits per heavy atom. The smallest absolute Gasteiger partial charge is 0.272 e. The number of nitrogens with zero attached hydrogens (tertiary/aromatic N) is 2. The fraction of sp³-hybridized carbons (Fsp3) is 0.156. The summed E-state index contributed by atoms with van der Waals surface area (Å²) >= 11 is 18.5. The van der Waals surface area contributed by atoms with Crippen LogP contribution in [-0.2, 0) is 16.1 Å². The highest BCUT2D eigenvalue weighted by atomic mass is 35.5. The number of benzene rings is 4. The van der Waals surface area contributed by atoms with Gasteiger partial charge >= 0.3 is 0 Å². The lowest BCUT2D eigenvalue weighted by Crippen LogP contribution is -2.50. The number of imide groups is 1. The molecular weight excluding hydrogens is 567 g/mol. The summed E-state index contributed by atoms with van der Waals surface area (Å²) in [4.78, 5) is 42.7. The normalized spacial score (nSPS) is 22.1. The molecule has 4 aromatic carbocycles. The van der Waals surface area contributed by atoms with E-state index in [4.69, 9.17) is 34.8 Å². The van der Waals surface area contributed by atoms with E-state index in [0.29, 0.717) is 26.2 Å². The van der Waals surface area contributed by atoms with Crippen molar-refractivity contribution in [2.75, 3.05) is 0 Å². The second-order valence-electron chi connectivity index (χ2n) is 10.4. The quantitative estimate of drug-likeness (QED) is 0.239. The van der Waals surface area contributed by atoms with E-state index in [1.807, 2.05) is 48.5 Å². The molecule has 1 saturated heterocycles. The predicted octanol–water partition coefficient (Wildman–Crippen LogP) is 7.10. The highest BCUT2D eigenvalue weighted by molar-refractivity contribution is 6.42. The van der Waals surface area contributed by atoms with E-state index in [9.17, 15) is 14.4 Å². The van der Waals surface area contributed by atoms with Gasteiger partial charge in [-0.05, 0) is 64.2 Å². The molecule has 2 bridgehead atoms. The summed E-state index contributed by atoms with van der Waals surface area (Å²) in [6.45, 7) is -0.0511. The molecule has 1 fully saturated rings. The molecule has 0 unspecified atom stereocenters. The van der Waals surface area contributed by atoms with Crippen molar-refractivity contribution >= 4 is 52.5 Å². The van der Waals surface area contributed by atoms with Gasteiger partial charge < -0.3 is 0 Å². The second kappa shape index (κ2) is 9.48. The number of hydrogen-bond acceptors (Lipinski definition) is 3. The molecular formula is C32H21Cl3N2O3. The summed E-state index contributed by atoms with van der Waals surface area (Å²) < 4.78 is 0. The number of halogens is 3. The number of carbonyl (C=O) groups is 3. The van der Waals surface area contributed by atoms with Crippen LogP contribution in [0.15, 0.2) is 91.0 Å². The average molecular weight is 588 g/mol. The molecule has 0 N–H and O–H groups in total. The van der Waals surface area contributed by atoms with Gasteiger partial charge in [-0.25, -0.2) is 5.01 Å². The minimum atomic E-state index is -0.614. The molecule has 8 heteroatoms. The third kappa shape index (κ3) is 3.72. The molecule has 40 heavy (non-hydrogen) atoms. The molecule has 0 aromatic heterocycles. The SMILES string of the molecule is O=C(c1ccc(Cl)cc1)N(Cc1ccc(Cl)c(Cl)c1)N1C(=O)[C@@H]2C3c4ccccc4C(c4ccccc43)[C@@H]2C1=O. The number of rotatable bonds is 4. The van der Waals surface area contributed by atoms with Gasteiger partial charge in [0.1, 0.15) is 0 Å². The third-order valence-corrected chi connectivity index (χ3v) is 9.30. The third-order valence-electron chi connectivity index (χ3n) is 8.31. The van der Waals surface area contributed by atoms with Gasteiger partial charge in [0.15, 0.2) is 0 Å². The molecule has 5 nitrogen and oxygen atoms in total. The van der Waals surface area contributed by atoms with Crippen molar-refractivity contribution in [3.05, 3.63) is 139 Å². The topological polar surface area (TPSA) is 57.7 Å². The minimum absolute atomic E-state index is 0.0511. The summed E-state index contributed by atoms with van der Waals surface area (Å²) in [6.07, 6.45) is 0. The van der Waals surface area contributed by atoms with Crippen LogP contribution in [0.1, 0.15) is 50.0 Å². The lowest BCUT2D eigenvalue weighted by molar-refractivity contribution is -0.155. The maximum absolute atomic E-state index is 14.3. The Labute approximate surface area is 245 Å². The maximum atomic E-state index is 14.3. The Hall–Kier alpha value is -3.64. The van der Waals surface area contributed by atoms with Gasteiger partial charge in [-0.3, -0.25) is 14.4 Å². The molecule has 3 amide bonds. The van der Waals surface area contributed by atoms with Gasteiger partial charge in [-0.15, -0.1) is 0 Å². The van der Waals surface area contributed by atoms with Crippen LogP contribution >= 0.6 is 34.8 Å². The van der Waals surface area contributed by atoms with Crippen molar-refractivity contribution in [2.45, 2.75) is 18.4 Å². The molecule has 8 rings (SSSR count). The summed E-state index contributed by atoms with van der Waals surface area (Å²) in [6, 6.07) is 27.4. The van der Waals surface area contributed by atoms with Crippen molar-refractivity contribution in [1.82, 2.24) is 10.0 Å². The molecule has 4 aliphatic rings. The molecule has 0 spiro atoms. The lowest BCUT2D eigenvalue weighted by atomic mass is 9.55. The standard InChI is InChI=1S/C32H21Cl3N2O3/c33-19-12-10-18(11-13-19)30(38)36(16-17-9-14-24(34)25(35)15-17)37-31(39)28-26-20-5-1-2-6-21(20)27(29(28)32(37)40)23-8-4-3-7-22(23)26/h1-15,26-29H,16H2/t26?,27?,28-,29+. The zero-order valence-corrected chi connectivity index (χ0v) is 23.2. The Balaban J connectivity index is 1.35. The molecule has 1 aliphatic heterocycles. The summed E-state index contributed by atoms with van der Waals surface area (Å²) in [7, 11) is 0. The number of hydrogen-bond donors (Lipinski definition) is 0. The lowest BCUT2D eigenvalue weighted by Gasteiger charge is -2.45. The van der Waals surface area contributed by atoms with E-state index in [-0.39, 0.29) is 30.2 Å². The predicted molar refractivity (Wildman–Crippen MR) is 153 cm³/mol. The summed E-state index contributed by atoms with van der Waals surface area (Å²) in [5, 5.41) is 3.47. The zero-order valence-electron chi connectivity index (χ0n) is 20.9. The Morgan fingerprint density at radius 1 is 0.675 bits per heavy atom. The van der Waals surface area contributed by atoms with Crippen molar-refractivity contribution in [1.29, 1.82) is 0 Å². The van der Waals surface area contributed by atoms with E-state index in [1.54, 1.807) is 42.5 Å². The first-order chi connectivity index (χ1) is 19.3. The van der Waals surface area contributed by atoms with Crippen LogP contribution in [0, 0.1) is 11.8 Å². The van der Waals surface area contributed by atoms with E-state index < -0.39 is 17.7 Å². The van der Waals surface area contributed by atoms with Gasteiger partial charge in [0.25, 0.3) is 17.7 Å². The zero-order chi connectivity index (χ0) is 27.7. The first-order valence-corrected chi connectivity index (χ1v) is 14.0. The van der Waals surface area contributed by atoms with Crippen molar-refractivity contribution in [2.24, 2.45) is 11.8 Å². The van der Waals surface area contributed by atoms with Gasteiger partial charge in [-0.1, -0.05) is 89.4 Å². The van der Waals surface area contributed by atoms with Crippen molar-refractivity contribution in [3.8, 4) is 0 Å². The Bertz CT molecular complexity index is 1610. The van der Waals surface area contributed by atoms with E-state index >= 15 is 0 Å². The Kier molecular flexibility index (Phi) is 6.00. The Morgan fingerprint density at radius 3 is 1.65 bits per heavy atom. The van der Waals surface area contributed by atoms with Crippen LogP contribution in [-0.4, -0.2) is 27.7 Å². The molecule has 2 atom stereocenters. The highest BCUT2D eigenvalue weighted by Gasteiger charge is 2.63. The van der Waals surface area contributed by atoms with Crippen LogP contribution in [0.3, 0.4) is 0 Å². The molecule has 4 aromatic rings. The van der Waals surface area contributed by atoms with Crippen molar-refractivity contribution < 1.29 is 14.4 Å². The highest BCUT2D eigenvalue weighted by Crippen LogP contribution is 2.61. The van der Waals surface area contributed by atoms with Crippen LogP contribution < -0.4 is 0 Å². The van der Waals surface area contributed by atoms with Gasteiger partial charge in [0.05, 0.1) is 28.4 Å². The van der Waals surface area contributed by atoms with Gasteiger partial charge in [-0.2, -0.15) is 5.01 Å². The summed E-state index contributed by atoms with van der Waals surface area (Å²) in [5.74, 6) is -3.03. The maximum Gasteiger partial charge on any atom is 0.273 e. The largest absolute Gasteiger partial charge is 0.273 e. The van der Waals surface area contributed by atoms with Crippen LogP contribution in [0.2, 0.25) is 15.1 Å². The number of amides is 3. The fourth-order valence-electron chi connectivity index (χ4n) is 6.69. The molecule has 3 aliphatic carbocycles. The number of carbonyl (C=O) groups excluding carboxylic acids is 3. The van der Waals surface area contributed by atoms with Crippen LogP contribution in [0.25, 0.3) is 0 Å². The number of hydrazine groups is 1. The van der Waals surface area contributed by atoms with E-state index in [1.165, 1.54) is 5.01 Å². The fourth-order valence-corrected chi connectivity index (χ4v) is 7.13. The van der Waals surface area contributed by atoms with Crippen molar-refractivity contribution in [3.63, 3.8) is 0 Å². The minimum Gasteiger partial charge on any atom is -0.272 e. The van der Waals surface area contributed by atoms with Crippen LogP contribution in [0.4, 0.5) is 0 Å². The van der Waals surface area contributed by atoms with Crippen LogP contribution in [0.5, 0.6) is 0 Å². The first-order valence-electron chi connectivity index (χ1n) is 12.9. The molecule has 0 radical (unpaired) electrons. The first kappa shape index (κ1) is 25.3. The van der Waals surface area contributed by atoms with E-state index in [0.717, 1.165) is 27.3 Å². The molecule has 1 heterocycles. The average Bonchev–Trinajstić information content (AvgIpc) is 3.23. The molecule has 0 saturated carbocycles. The summed E-state index contributed by atoms with van der Waals surface area (Å²) in [5.41, 5.74) is 5.19. The van der Waals surface area contributed by atoms with E-state index in [2.05, 4.69) is 0 Å². The van der Waals surface area contributed by atoms with Gasteiger partial charge in [0, 0.05) is 22.4 Å². The van der Waals surface area contributed by atoms with Gasteiger partial charge in [0.2, 0.25) is 0 Å². The monoisotopic (exact) mass is 586 g/mol.